The monoisotopic (exact) mass is 609 g/mol. The van der Waals surface area contributed by atoms with Crippen molar-refractivity contribution in [3.05, 3.63) is 106 Å². The van der Waals surface area contributed by atoms with Crippen molar-refractivity contribution in [3.8, 4) is 17.2 Å². The summed E-state index contributed by atoms with van der Waals surface area (Å²) in [5.41, 5.74) is 9.32. The summed E-state index contributed by atoms with van der Waals surface area (Å²) >= 11 is 7.93. The molecule has 1 amide bonds. The van der Waals surface area contributed by atoms with Crippen molar-refractivity contribution >= 4 is 40.7 Å². The van der Waals surface area contributed by atoms with E-state index in [9.17, 15) is 19.1 Å². The molecule has 1 aromatic heterocycles. The highest BCUT2D eigenvalue weighted by Crippen LogP contribution is 2.35. The molecule has 0 saturated heterocycles. The molecule has 4 aromatic rings. The number of aliphatic hydroxyl groups is 1. The molecule has 0 aliphatic carbocycles. The van der Waals surface area contributed by atoms with E-state index in [2.05, 4.69) is 5.32 Å². The highest BCUT2D eigenvalue weighted by molar-refractivity contribution is 7.98. The van der Waals surface area contributed by atoms with E-state index in [1.54, 1.807) is 74.1 Å². The third-order valence-corrected chi connectivity index (χ3v) is 7.55. The molecule has 0 spiro atoms. The number of thioether (sulfide) groups is 1. The van der Waals surface area contributed by atoms with E-state index in [1.807, 2.05) is 10.8 Å². The van der Waals surface area contributed by atoms with Gasteiger partial charge in [0.15, 0.2) is 11.5 Å². The van der Waals surface area contributed by atoms with Crippen LogP contribution in [0.5, 0.6) is 11.5 Å². The first-order chi connectivity index (χ1) is 20.1. The highest BCUT2D eigenvalue weighted by atomic mass is 35.5. The van der Waals surface area contributed by atoms with Crippen LogP contribution in [-0.2, 0) is 6.42 Å². The minimum Gasteiger partial charge on any atom is -0.455 e. The fraction of sp³-hybridized carbons (Fsp3) is 0.250. The summed E-state index contributed by atoms with van der Waals surface area (Å²) in [5.74, 6) is 0.714. The van der Waals surface area contributed by atoms with Crippen LogP contribution in [-0.4, -0.2) is 45.5 Å². The molecule has 1 heterocycles. The third-order valence-electron chi connectivity index (χ3n) is 6.67. The zero-order valence-corrected chi connectivity index (χ0v) is 25.1. The number of amides is 1. The second-order valence-electron chi connectivity index (χ2n) is 9.98. The molecular weight excluding hydrogens is 577 g/mol. The average molecular weight is 610 g/mol. The van der Waals surface area contributed by atoms with E-state index in [1.165, 1.54) is 24.3 Å². The summed E-state index contributed by atoms with van der Waals surface area (Å²) in [6.07, 6.45) is 2.14. The van der Waals surface area contributed by atoms with Crippen molar-refractivity contribution in [2.75, 3.05) is 17.3 Å². The smallest absolute Gasteiger partial charge is 0.257 e. The highest BCUT2D eigenvalue weighted by Gasteiger charge is 2.22. The zero-order chi connectivity index (χ0) is 30.4. The van der Waals surface area contributed by atoms with Gasteiger partial charge in [0, 0.05) is 40.1 Å². The first-order valence-electron chi connectivity index (χ1n) is 13.4. The number of hydrogen-bond acceptors (Lipinski definition) is 6. The number of aliphatic hydroxyl groups excluding tert-OH is 1. The van der Waals surface area contributed by atoms with E-state index in [0.717, 1.165) is 5.75 Å². The Morgan fingerprint density at radius 1 is 1.10 bits per heavy atom. The molecule has 0 bridgehead atoms. The number of carbonyl (C=O) groups is 2. The van der Waals surface area contributed by atoms with Gasteiger partial charge in [-0.3, -0.25) is 9.59 Å². The maximum atomic E-state index is 13.5. The molecule has 4 N–H and O–H groups in total. The van der Waals surface area contributed by atoms with Crippen LogP contribution >= 0.6 is 23.4 Å². The van der Waals surface area contributed by atoms with Crippen LogP contribution in [0.4, 0.5) is 10.1 Å². The Balaban J connectivity index is 1.64. The van der Waals surface area contributed by atoms with Crippen molar-refractivity contribution in [2.45, 2.75) is 38.8 Å². The lowest BCUT2D eigenvalue weighted by atomic mass is 10.0. The molecule has 0 saturated carbocycles. The first kappa shape index (κ1) is 31.3. The minimum atomic E-state index is -0.685. The molecule has 0 unspecified atom stereocenters. The molecule has 0 aliphatic rings. The third kappa shape index (κ3) is 7.60. The number of benzene rings is 3. The molecule has 0 aliphatic heterocycles. The summed E-state index contributed by atoms with van der Waals surface area (Å²) in [6, 6.07) is 18.5. The van der Waals surface area contributed by atoms with Crippen LogP contribution in [0.3, 0.4) is 0 Å². The van der Waals surface area contributed by atoms with Crippen molar-refractivity contribution in [1.29, 1.82) is 0 Å². The number of nitrogens with two attached hydrogens (primary N) is 1. The SMILES string of the molecule is CSCC[C@H](N)C(=O)c1ccc(NC(=O)c2cc(C[C@H](C)O)n(-c3ccc(Cl)cc3Oc3ccc(F)cc3)c2C)cc1. The maximum absolute atomic E-state index is 13.5. The lowest BCUT2D eigenvalue weighted by molar-refractivity contribution is 0.0959. The lowest BCUT2D eigenvalue weighted by Gasteiger charge is -2.18. The lowest BCUT2D eigenvalue weighted by Crippen LogP contribution is -2.31. The number of carbonyl (C=O) groups excluding carboxylic acids is 2. The van der Waals surface area contributed by atoms with Crippen LogP contribution in [0, 0.1) is 12.7 Å². The number of aromatic nitrogens is 1. The normalized spacial score (nSPS) is 12.5. The Bertz CT molecular complexity index is 1560. The van der Waals surface area contributed by atoms with Crippen molar-refractivity contribution in [3.63, 3.8) is 0 Å². The summed E-state index contributed by atoms with van der Waals surface area (Å²) in [4.78, 5) is 26.1. The Kier molecular flexibility index (Phi) is 10.5. The second kappa shape index (κ2) is 14.0. The number of nitrogens with zero attached hydrogens (tertiary/aromatic N) is 1. The number of rotatable bonds is 12. The van der Waals surface area contributed by atoms with Crippen molar-refractivity contribution in [1.82, 2.24) is 4.57 Å². The number of halogens is 2. The molecule has 220 valence electrons. The fourth-order valence-electron chi connectivity index (χ4n) is 4.58. The van der Waals surface area contributed by atoms with Crippen LogP contribution in [0.2, 0.25) is 5.02 Å². The molecule has 10 heteroatoms. The number of nitrogens with one attached hydrogen (secondary N) is 1. The Morgan fingerprint density at radius 3 is 2.43 bits per heavy atom. The van der Waals surface area contributed by atoms with E-state index >= 15 is 0 Å². The van der Waals surface area contributed by atoms with Crippen LogP contribution in [0.25, 0.3) is 5.69 Å². The van der Waals surface area contributed by atoms with E-state index in [-0.39, 0.29) is 23.9 Å². The van der Waals surface area contributed by atoms with Gasteiger partial charge in [0.05, 0.1) is 23.4 Å². The van der Waals surface area contributed by atoms with Crippen molar-refractivity contribution < 1.29 is 23.8 Å². The van der Waals surface area contributed by atoms with E-state index < -0.39 is 12.1 Å². The number of anilines is 1. The standard InChI is InChI=1S/C32H33ClFN3O4S/c1-19(38)16-25-18-27(32(40)36-24-9-4-21(5-10-24)31(39)28(35)14-15-42-3)20(2)37(25)29-13-6-22(33)17-30(29)41-26-11-7-23(34)8-12-26/h4-13,17-19,28,38H,14-16,35H2,1-3H3,(H,36,40)/t19-,28-/m0/s1. The van der Waals surface area contributed by atoms with Gasteiger partial charge in [0.25, 0.3) is 5.91 Å². The predicted molar refractivity (Wildman–Crippen MR) is 167 cm³/mol. The van der Waals surface area contributed by atoms with Gasteiger partial charge in [-0.25, -0.2) is 4.39 Å². The maximum Gasteiger partial charge on any atom is 0.257 e. The van der Waals surface area contributed by atoms with Crippen LogP contribution in [0.15, 0.2) is 72.8 Å². The quantitative estimate of drug-likeness (QED) is 0.152. The van der Waals surface area contributed by atoms with E-state index in [0.29, 0.717) is 56.8 Å². The fourth-order valence-corrected chi connectivity index (χ4v) is 5.23. The van der Waals surface area contributed by atoms with Gasteiger partial charge in [-0.05, 0) is 99.0 Å². The molecule has 42 heavy (non-hydrogen) atoms. The summed E-state index contributed by atoms with van der Waals surface area (Å²) in [5, 5.41) is 13.6. The summed E-state index contributed by atoms with van der Waals surface area (Å²) < 4.78 is 21.4. The average Bonchev–Trinajstić information content (AvgIpc) is 3.27. The molecule has 3 aromatic carbocycles. The van der Waals surface area contributed by atoms with E-state index in [4.69, 9.17) is 22.1 Å². The van der Waals surface area contributed by atoms with Crippen LogP contribution in [0.1, 0.15) is 45.4 Å². The van der Waals surface area contributed by atoms with Gasteiger partial charge in [0.1, 0.15) is 11.6 Å². The number of hydrogen-bond donors (Lipinski definition) is 3. The zero-order valence-electron chi connectivity index (χ0n) is 23.6. The Labute approximate surface area is 253 Å². The predicted octanol–water partition coefficient (Wildman–Crippen LogP) is 6.81. The number of ketones is 1. The van der Waals surface area contributed by atoms with Gasteiger partial charge < -0.3 is 25.5 Å². The summed E-state index contributed by atoms with van der Waals surface area (Å²) in [7, 11) is 0. The van der Waals surface area contributed by atoms with Gasteiger partial charge >= 0.3 is 0 Å². The second-order valence-corrected chi connectivity index (χ2v) is 11.4. The molecule has 4 rings (SSSR count). The van der Waals surface area contributed by atoms with Gasteiger partial charge in [-0.1, -0.05) is 11.6 Å². The summed E-state index contributed by atoms with van der Waals surface area (Å²) in [6.45, 7) is 3.47. The molecule has 0 fully saturated rings. The van der Waals surface area contributed by atoms with Gasteiger partial charge in [-0.2, -0.15) is 11.8 Å². The molecule has 0 radical (unpaired) electrons. The van der Waals surface area contributed by atoms with Crippen LogP contribution < -0.4 is 15.8 Å². The minimum absolute atomic E-state index is 0.140. The number of Topliss-reactive ketones (excluding diaryl/α,β-unsaturated/α-hetero) is 1. The Morgan fingerprint density at radius 2 is 1.79 bits per heavy atom. The molecule has 2 atom stereocenters. The largest absolute Gasteiger partial charge is 0.455 e. The van der Waals surface area contributed by atoms with Gasteiger partial charge in [0.2, 0.25) is 0 Å². The van der Waals surface area contributed by atoms with Gasteiger partial charge in [-0.15, -0.1) is 0 Å². The first-order valence-corrected chi connectivity index (χ1v) is 15.2. The number of ether oxygens (including phenoxy) is 1. The molecular formula is C32H33ClFN3O4S. The van der Waals surface area contributed by atoms with Crippen molar-refractivity contribution in [2.24, 2.45) is 5.73 Å². The molecule has 7 nitrogen and oxygen atoms in total. The topological polar surface area (TPSA) is 107 Å². The Hall–Kier alpha value is -3.63.